The molecule has 21 heavy (non-hydrogen) atoms. The van der Waals surface area contributed by atoms with Crippen molar-refractivity contribution in [2.45, 2.75) is 6.61 Å². The molecule has 1 aromatic heterocycles. The Hall–Kier alpha value is -2.27. The highest BCUT2D eigenvalue weighted by atomic mass is 16.5. The summed E-state index contributed by atoms with van der Waals surface area (Å²) < 4.78 is 15.9. The van der Waals surface area contributed by atoms with Crippen LogP contribution < -0.4 is 4.74 Å². The van der Waals surface area contributed by atoms with Crippen molar-refractivity contribution in [2.75, 3.05) is 27.3 Å². The topological polar surface area (TPSA) is 51.9 Å². The molecule has 2 rings (SSSR count). The van der Waals surface area contributed by atoms with Gasteiger partial charge >= 0.3 is 0 Å². The first-order valence-corrected chi connectivity index (χ1v) is 6.71. The van der Waals surface area contributed by atoms with Gasteiger partial charge in [0, 0.05) is 14.2 Å². The zero-order valence-electron chi connectivity index (χ0n) is 12.2. The highest BCUT2D eigenvalue weighted by Gasteiger charge is 2.15. The number of methoxy groups -OCH3 is 1. The molecule has 1 amide bonds. The lowest BCUT2D eigenvalue weighted by Gasteiger charge is -2.16. The number of para-hydroxylation sites is 1. The molecule has 112 valence electrons. The maximum absolute atomic E-state index is 12.1. The van der Waals surface area contributed by atoms with Crippen molar-refractivity contribution in [3.05, 3.63) is 54.0 Å². The van der Waals surface area contributed by atoms with E-state index in [0.29, 0.717) is 31.3 Å². The van der Waals surface area contributed by atoms with E-state index in [1.165, 1.54) is 0 Å². The fourth-order valence-corrected chi connectivity index (χ4v) is 1.82. The standard InChI is InChI=1S/C16H19NO4/c1-17(10-11-20-13-6-4-3-5-7-13)16(18)15-9-8-14(21-15)12-19-2/h3-9H,10-12H2,1-2H3. The summed E-state index contributed by atoms with van der Waals surface area (Å²) in [6, 6.07) is 12.9. The van der Waals surface area contributed by atoms with Crippen LogP contribution in [0, 0.1) is 0 Å². The summed E-state index contributed by atoms with van der Waals surface area (Å²) in [7, 11) is 3.30. The van der Waals surface area contributed by atoms with Gasteiger partial charge in [0.15, 0.2) is 5.76 Å². The molecule has 2 aromatic rings. The van der Waals surface area contributed by atoms with Crippen molar-refractivity contribution in [2.24, 2.45) is 0 Å². The summed E-state index contributed by atoms with van der Waals surface area (Å²) >= 11 is 0. The van der Waals surface area contributed by atoms with E-state index >= 15 is 0 Å². The summed E-state index contributed by atoms with van der Waals surface area (Å²) in [6.45, 7) is 1.26. The number of rotatable bonds is 7. The second-order valence-electron chi connectivity index (χ2n) is 4.59. The number of benzene rings is 1. The van der Waals surface area contributed by atoms with Crippen LogP contribution in [0.1, 0.15) is 16.3 Å². The molecule has 0 N–H and O–H groups in total. The van der Waals surface area contributed by atoms with E-state index in [4.69, 9.17) is 13.9 Å². The van der Waals surface area contributed by atoms with Gasteiger partial charge in [-0.2, -0.15) is 0 Å². The molecular formula is C16H19NO4. The van der Waals surface area contributed by atoms with Gasteiger partial charge in [-0.3, -0.25) is 4.79 Å². The first kappa shape index (κ1) is 15.1. The van der Waals surface area contributed by atoms with Gasteiger partial charge in [0.1, 0.15) is 24.7 Å². The Kier molecular flexibility index (Phi) is 5.40. The van der Waals surface area contributed by atoms with Gasteiger partial charge in [-0.1, -0.05) is 18.2 Å². The van der Waals surface area contributed by atoms with Gasteiger partial charge < -0.3 is 18.8 Å². The van der Waals surface area contributed by atoms with Crippen LogP contribution in [-0.4, -0.2) is 38.1 Å². The van der Waals surface area contributed by atoms with Crippen LogP contribution in [-0.2, 0) is 11.3 Å². The predicted octanol–water partition coefficient (Wildman–Crippen LogP) is 2.58. The Bertz CT molecular complexity index is 565. The molecule has 0 saturated heterocycles. The van der Waals surface area contributed by atoms with E-state index in [0.717, 1.165) is 5.75 Å². The summed E-state index contributed by atoms with van der Waals surface area (Å²) in [5, 5.41) is 0. The van der Waals surface area contributed by atoms with Crippen molar-refractivity contribution in [1.29, 1.82) is 0 Å². The van der Waals surface area contributed by atoms with Crippen LogP contribution in [0.5, 0.6) is 5.75 Å². The van der Waals surface area contributed by atoms with Crippen molar-refractivity contribution < 1.29 is 18.7 Å². The lowest BCUT2D eigenvalue weighted by molar-refractivity contribution is 0.0734. The zero-order chi connectivity index (χ0) is 15.1. The van der Waals surface area contributed by atoms with E-state index in [1.807, 2.05) is 30.3 Å². The van der Waals surface area contributed by atoms with E-state index in [-0.39, 0.29) is 5.91 Å². The number of furan rings is 1. The fraction of sp³-hybridized carbons (Fsp3) is 0.312. The number of hydrogen-bond acceptors (Lipinski definition) is 4. The first-order chi connectivity index (χ1) is 10.2. The molecule has 0 aliphatic rings. The Labute approximate surface area is 124 Å². The average Bonchev–Trinajstić information content (AvgIpc) is 2.96. The molecule has 0 spiro atoms. The second-order valence-corrected chi connectivity index (χ2v) is 4.59. The van der Waals surface area contributed by atoms with Crippen LogP contribution in [0.4, 0.5) is 0 Å². The summed E-state index contributed by atoms with van der Waals surface area (Å²) in [5.74, 6) is 1.56. The summed E-state index contributed by atoms with van der Waals surface area (Å²) in [6.07, 6.45) is 0. The summed E-state index contributed by atoms with van der Waals surface area (Å²) in [4.78, 5) is 13.7. The van der Waals surface area contributed by atoms with E-state index in [1.54, 1.807) is 31.2 Å². The van der Waals surface area contributed by atoms with Crippen molar-refractivity contribution in [1.82, 2.24) is 4.90 Å². The number of ether oxygens (including phenoxy) is 2. The third-order valence-corrected chi connectivity index (χ3v) is 2.94. The molecule has 5 heteroatoms. The van der Waals surface area contributed by atoms with Gasteiger partial charge in [-0.15, -0.1) is 0 Å². The van der Waals surface area contributed by atoms with E-state index < -0.39 is 0 Å². The zero-order valence-corrected chi connectivity index (χ0v) is 12.2. The molecule has 0 saturated carbocycles. The number of carbonyl (C=O) groups is 1. The number of carbonyl (C=O) groups excluding carboxylic acids is 1. The van der Waals surface area contributed by atoms with Crippen LogP contribution in [0.15, 0.2) is 46.9 Å². The largest absolute Gasteiger partial charge is 0.492 e. The summed E-state index contributed by atoms with van der Waals surface area (Å²) in [5.41, 5.74) is 0. The highest BCUT2D eigenvalue weighted by Crippen LogP contribution is 2.11. The molecule has 0 radical (unpaired) electrons. The SMILES string of the molecule is COCc1ccc(C(=O)N(C)CCOc2ccccc2)o1. The van der Waals surface area contributed by atoms with E-state index in [9.17, 15) is 4.79 Å². The molecule has 0 bridgehead atoms. The lowest BCUT2D eigenvalue weighted by Crippen LogP contribution is -2.30. The second kappa shape index (κ2) is 7.50. The smallest absolute Gasteiger partial charge is 0.289 e. The molecule has 0 unspecified atom stereocenters. The molecular weight excluding hydrogens is 270 g/mol. The Morgan fingerprint density at radius 2 is 1.95 bits per heavy atom. The third kappa shape index (κ3) is 4.36. The molecule has 1 heterocycles. The third-order valence-electron chi connectivity index (χ3n) is 2.94. The minimum absolute atomic E-state index is 0.172. The molecule has 0 aliphatic heterocycles. The molecule has 0 atom stereocenters. The maximum atomic E-state index is 12.1. The Balaban J connectivity index is 1.81. The highest BCUT2D eigenvalue weighted by molar-refractivity contribution is 5.91. The quantitative estimate of drug-likeness (QED) is 0.786. The number of nitrogens with zero attached hydrogens (tertiary/aromatic N) is 1. The van der Waals surface area contributed by atoms with Gasteiger partial charge in [-0.25, -0.2) is 0 Å². The Morgan fingerprint density at radius 1 is 1.19 bits per heavy atom. The van der Waals surface area contributed by atoms with Crippen molar-refractivity contribution in [3.63, 3.8) is 0 Å². The van der Waals surface area contributed by atoms with Crippen LogP contribution >= 0.6 is 0 Å². The monoisotopic (exact) mass is 289 g/mol. The first-order valence-electron chi connectivity index (χ1n) is 6.71. The van der Waals surface area contributed by atoms with Crippen LogP contribution in [0.25, 0.3) is 0 Å². The minimum atomic E-state index is -0.172. The van der Waals surface area contributed by atoms with Gasteiger partial charge in [0.2, 0.25) is 0 Å². The predicted molar refractivity (Wildman–Crippen MR) is 78.3 cm³/mol. The molecule has 0 fully saturated rings. The maximum Gasteiger partial charge on any atom is 0.289 e. The van der Waals surface area contributed by atoms with E-state index in [2.05, 4.69) is 0 Å². The number of amides is 1. The Morgan fingerprint density at radius 3 is 2.67 bits per heavy atom. The van der Waals surface area contributed by atoms with Crippen molar-refractivity contribution in [3.8, 4) is 5.75 Å². The van der Waals surface area contributed by atoms with Gasteiger partial charge in [0.25, 0.3) is 5.91 Å². The number of hydrogen-bond donors (Lipinski definition) is 0. The molecule has 5 nitrogen and oxygen atoms in total. The fourth-order valence-electron chi connectivity index (χ4n) is 1.82. The normalized spacial score (nSPS) is 10.4. The number of likely N-dealkylation sites (N-methyl/N-ethyl adjacent to an activating group) is 1. The molecule has 0 aliphatic carbocycles. The van der Waals surface area contributed by atoms with Gasteiger partial charge in [0.05, 0.1) is 6.54 Å². The van der Waals surface area contributed by atoms with Crippen LogP contribution in [0.3, 0.4) is 0 Å². The average molecular weight is 289 g/mol. The lowest BCUT2D eigenvalue weighted by atomic mass is 10.3. The van der Waals surface area contributed by atoms with Gasteiger partial charge in [-0.05, 0) is 24.3 Å². The van der Waals surface area contributed by atoms with Crippen LogP contribution in [0.2, 0.25) is 0 Å². The minimum Gasteiger partial charge on any atom is -0.492 e. The molecule has 1 aromatic carbocycles. The van der Waals surface area contributed by atoms with Crippen molar-refractivity contribution >= 4 is 5.91 Å².